The minimum Gasteiger partial charge on any atom is -0.361 e. The van der Waals surface area contributed by atoms with Crippen molar-refractivity contribution in [2.75, 3.05) is 31.1 Å². The number of hydrogen-bond donors (Lipinski definition) is 0. The van der Waals surface area contributed by atoms with Gasteiger partial charge in [0.2, 0.25) is 0 Å². The second-order valence-corrected chi connectivity index (χ2v) is 9.21. The molecule has 0 amide bonds. The van der Waals surface area contributed by atoms with Gasteiger partial charge in [0.05, 0.1) is 23.9 Å². The van der Waals surface area contributed by atoms with Gasteiger partial charge in [-0.25, -0.2) is 4.85 Å². The summed E-state index contributed by atoms with van der Waals surface area (Å²) in [5.74, 6) is 0. The van der Waals surface area contributed by atoms with E-state index in [1.165, 1.54) is 11.1 Å². The van der Waals surface area contributed by atoms with Gasteiger partial charge in [-0.15, -0.1) is 0 Å². The smallest absolute Gasteiger partial charge is 0.187 e. The van der Waals surface area contributed by atoms with Crippen LogP contribution in [0, 0.1) is 17.9 Å². The summed E-state index contributed by atoms with van der Waals surface area (Å²) in [5, 5.41) is 10.4. The normalized spacial score (nSPS) is 16.4. The van der Waals surface area contributed by atoms with Crippen molar-refractivity contribution in [3.63, 3.8) is 0 Å². The first kappa shape index (κ1) is 22.4. The maximum atomic E-state index is 9.72. The van der Waals surface area contributed by atoms with E-state index in [2.05, 4.69) is 48.8 Å². The van der Waals surface area contributed by atoms with Crippen LogP contribution >= 0.6 is 27.5 Å². The van der Waals surface area contributed by atoms with Crippen LogP contribution in [0.4, 0.5) is 11.4 Å². The molecule has 4 rings (SSSR count). The Balaban J connectivity index is 1.56. The maximum absolute atomic E-state index is 9.72. The van der Waals surface area contributed by atoms with Gasteiger partial charge in [0.15, 0.2) is 5.69 Å². The SMILES string of the molecule is [C-]#[N+]c1ccc(CCN2CCN(c3ccc(Br)cc3C#N)[C@H](c3ccc(Cl)cc3)C2)cc1. The van der Waals surface area contributed by atoms with Crippen LogP contribution in [0.1, 0.15) is 22.7 Å². The maximum Gasteiger partial charge on any atom is 0.187 e. The summed E-state index contributed by atoms with van der Waals surface area (Å²) >= 11 is 9.63. The Bertz CT molecular complexity index is 1160. The van der Waals surface area contributed by atoms with Crippen molar-refractivity contribution in [2.24, 2.45) is 0 Å². The highest BCUT2D eigenvalue weighted by Crippen LogP contribution is 2.34. The summed E-state index contributed by atoms with van der Waals surface area (Å²) in [7, 11) is 0. The first-order valence-corrected chi connectivity index (χ1v) is 11.6. The number of benzene rings is 3. The van der Waals surface area contributed by atoms with Gasteiger partial charge in [0.1, 0.15) is 6.07 Å². The number of halogens is 2. The lowest BCUT2D eigenvalue weighted by Gasteiger charge is -2.43. The molecule has 0 bridgehead atoms. The molecule has 1 heterocycles. The predicted octanol–water partition coefficient (Wildman–Crippen LogP) is 6.63. The first-order valence-electron chi connectivity index (χ1n) is 10.5. The summed E-state index contributed by atoms with van der Waals surface area (Å²) in [4.78, 5) is 8.28. The van der Waals surface area contributed by atoms with Gasteiger partial charge >= 0.3 is 0 Å². The zero-order chi connectivity index (χ0) is 22.5. The van der Waals surface area contributed by atoms with Gasteiger partial charge in [-0.2, -0.15) is 5.26 Å². The highest BCUT2D eigenvalue weighted by molar-refractivity contribution is 9.10. The fourth-order valence-corrected chi connectivity index (χ4v) is 4.66. The molecule has 32 heavy (non-hydrogen) atoms. The third-order valence-corrected chi connectivity index (χ3v) is 6.64. The molecule has 3 aromatic carbocycles. The molecule has 1 atom stereocenters. The van der Waals surface area contributed by atoms with Crippen molar-refractivity contribution < 1.29 is 0 Å². The van der Waals surface area contributed by atoms with E-state index >= 15 is 0 Å². The van der Waals surface area contributed by atoms with Crippen molar-refractivity contribution >= 4 is 38.9 Å². The number of piperazine rings is 1. The van der Waals surface area contributed by atoms with Crippen LogP contribution < -0.4 is 4.90 Å². The molecular formula is C26H22BrClN4. The summed E-state index contributed by atoms with van der Waals surface area (Å²) in [5.41, 5.74) is 4.74. The highest BCUT2D eigenvalue weighted by atomic mass is 79.9. The average Bonchev–Trinajstić information content (AvgIpc) is 2.83. The number of anilines is 1. The van der Waals surface area contributed by atoms with E-state index in [0.717, 1.165) is 47.8 Å². The lowest BCUT2D eigenvalue weighted by atomic mass is 9.99. The van der Waals surface area contributed by atoms with E-state index < -0.39 is 0 Å². The number of nitriles is 1. The Morgan fingerprint density at radius 1 is 1.06 bits per heavy atom. The molecule has 0 radical (unpaired) electrons. The molecule has 0 aromatic heterocycles. The highest BCUT2D eigenvalue weighted by Gasteiger charge is 2.29. The van der Waals surface area contributed by atoms with E-state index in [9.17, 15) is 5.26 Å². The zero-order valence-corrected chi connectivity index (χ0v) is 19.9. The van der Waals surface area contributed by atoms with E-state index in [1.807, 2.05) is 54.6 Å². The van der Waals surface area contributed by atoms with Crippen LogP contribution in [0.5, 0.6) is 0 Å². The van der Waals surface area contributed by atoms with Crippen molar-refractivity contribution in [3.05, 3.63) is 104 Å². The topological polar surface area (TPSA) is 34.6 Å². The lowest BCUT2D eigenvalue weighted by molar-refractivity contribution is 0.226. The second-order valence-electron chi connectivity index (χ2n) is 7.86. The first-order chi connectivity index (χ1) is 15.6. The van der Waals surface area contributed by atoms with Gasteiger partial charge in [0, 0.05) is 35.7 Å². The molecule has 4 nitrogen and oxygen atoms in total. The van der Waals surface area contributed by atoms with Crippen LogP contribution in [0.3, 0.4) is 0 Å². The molecular weight excluding hydrogens is 484 g/mol. The quantitative estimate of drug-likeness (QED) is 0.365. The average molecular weight is 506 g/mol. The van der Waals surface area contributed by atoms with Crippen molar-refractivity contribution in [1.82, 2.24) is 4.90 Å². The largest absolute Gasteiger partial charge is 0.361 e. The number of rotatable bonds is 5. The van der Waals surface area contributed by atoms with E-state index in [1.54, 1.807) is 0 Å². The number of hydrogen-bond acceptors (Lipinski definition) is 3. The third-order valence-electron chi connectivity index (χ3n) is 5.89. The monoisotopic (exact) mass is 504 g/mol. The van der Waals surface area contributed by atoms with Gasteiger partial charge < -0.3 is 4.90 Å². The summed E-state index contributed by atoms with van der Waals surface area (Å²) in [6.07, 6.45) is 0.938. The van der Waals surface area contributed by atoms with Crippen molar-refractivity contribution in [2.45, 2.75) is 12.5 Å². The lowest BCUT2D eigenvalue weighted by Crippen LogP contribution is -2.49. The third kappa shape index (κ3) is 5.14. The predicted molar refractivity (Wildman–Crippen MR) is 133 cm³/mol. The molecule has 0 aliphatic carbocycles. The Morgan fingerprint density at radius 3 is 2.50 bits per heavy atom. The molecule has 1 fully saturated rings. The summed E-state index contributed by atoms with van der Waals surface area (Å²) in [6, 6.07) is 24.3. The minimum absolute atomic E-state index is 0.124. The molecule has 0 N–H and O–H groups in total. The summed E-state index contributed by atoms with van der Waals surface area (Å²) in [6.45, 7) is 10.7. The minimum atomic E-state index is 0.124. The molecule has 160 valence electrons. The zero-order valence-electron chi connectivity index (χ0n) is 17.5. The van der Waals surface area contributed by atoms with Crippen LogP contribution in [0.25, 0.3) is 4.85 Å². The van der Waals surface area contributed by atoms with Crippen LogP contribution in [0.2, 0.25) is 5.02 Å². The van der Waals surface area contributed by atoms with Crippen LogP contribution in [-0.2, 0) is 6.42 Å². The van der Waals surface area contributed by atoms with Gasteiger partial charge in [-0.1, -0.05) is 63.9 Å². The Morgan fingerprint density at radius 2 is 1.81 bits per heavy atom. The molecule has 1 saturated heterocycles. The Hall–Kier alpha value is -2.83. The van der Waals surface area contributed by atoms with Crippen molar-refractivity contribution in [3.8, 4) is 6.07 Å². The Labute approximate surface area is 202 Å². The second kappa shape index (κ2) is 10.2. The molecule has 3 aromatic rings. The van der Waals surface area contributed by atoms with Gasteiger partial charge in [-0.05, 0) is 47.9 Å². The fraction of sp³-hybridized carbons (Fsp3) is 0.231. The van der Waals surface area contributed by atoms with E-state index in [-0.39, 0.29) is 6.04 Å². The van der Waals surface area contributed by atoms with E-state index in [0.29, 0.717) is 11.3 Å². The fourth-order valence-electron chi connectivity index (χ4n) is 4.17. The summed E-state index contributed by atoms with van der Waals surface area (Å²) < 4.78 is 0.906. The molecule has 0 saturated carbocycles. The van der Waals surface area contributed by atoms with Gasteiger partial charge in [-0.3, -0.25) is 4.90 Å². The number of nitrogens with zero attached hydrogens (tertiary/aromatic N) is 4. The van der Waals surface area contributed by atoms with Crippen molar-refractivity contribution in [1.29, 1.82) is 5.26 Å². The molecule has 1 aliphatic heterocycles. The molecule has 1 aliphatic rings. The molecule has 0 spiro atoms. The van der Waals surface area contributed by atoms with Crippen LogP contribution in [-0.4, -0.2) is 31.1 Å². The standard InChI is InChI=1S/C26H22BrClN4/c1-30-24-9-2-19(3-10-24)12-13-31-14-15-32(25-11-6-22(27)16-21(25)17-29)26(18-31)20-4-7-23(28)8-5-20/h2-11,16,26H,12-15,18H2/t26-/m0/s1. The molecule has 0 unspecified atom stereocenters. The van der Waals surface area contributed by atoms with Crippen LogP contribution in [0.15, 0.2) is 71.2 Å². The van der Waals surface area contributed by atoms with E-state index in [4.69, 9.17) is 18.2 Å². The molecule has 6 heteroatoms. The Kier molecular flexibility index (Phi) is 7.12. The van der Waals surface area contributed by atoms with Gasteiger partial charge in [0.25, 0.3) is 0 Å².